The number of amides is 1. The highest BCUT2D eigenvalue weighted by atomic mass is 16.2. The lowest BCUT2D eigenvalue weighted by molar-refractivity contribution is 0.0930. The topological polar surface area (TPSA) is 83.8 Å². The molecule has 0 aliphatic carbocycles. The van der Waals surface area contributed by atoms with Crippen LogP contribution in [0.25, 0.3) is 0 Å². The quantitative estimate of drug-likeness (QED) is 0.709. The van der Waals surface area contributed by atoms with Gasteiger partial charge in [0.2, 0.25) is 0 Å². The van der Waals surface area contributed by atoms with Crippen LogP contribution in [-0.4, -0.2) is 22.1 Å². The summed E-state index contributed by atoms with van der Waals surface area (Å²) in [5.74, 6) is 0.793. The predicted molar refractivity (Wildman–Crippen MR) is 64.0 cm³/mol. The van der Waals surface area contributed by atoms with Crippen LogP contribution in [0.5, 0.6) is 0 Å². The highest BCUT2D eigenvalue weighted by Gasteiger charge is 2.13. The molecule has 1 aromatic rings. The number of carbonyl (C=O) groups is 1. The van der Waals surface area contributed by atoms with E-state index in [1.807, 2.05) is 6.92 Å². The van der Waals surface area contributed by atoms with Crippen molar-refractivity contribution in [2.75, 3.05) is 5.73 Å². The Balaban J connectivity index is 2.45. The summed E-state index contributed by atoms with van der Waals surface area (Å²) in [5.41, 5.74) is 5.84. The predicted octanol–water partition coefficient (Wildman–Crippen LogP) is 1.55. The minimum Gasteiger partial charge on any atom is -0.382 e. The molecule has 0 spiro atoms. The molecule has 1 heterocycles. The molecule has 1 aromatic heterocycles. The average Bonchev–Trinajstić information content (AvgIpc) is 2.64. The van der Waals surface area contributed by atoms with Gasteiger partial charge in [-0.1, -0.05) is 20.3 Å². The van der Waals surface area contributed by atoms with Crippen molar-refractivity contribution >= 4 is 11.7 Å². The number of nitrogen functional groups attached to an aromatic ring is 1. The number of carbonyl (C=O) groups excluding carboxylic acids is 1. The molecule has 0 saturated heterocycles. The Labute approximate surface area is 95.8 Å². The molecule has 90 valence electrons. The normalized spacial score (nSPS) is 14.4. The SMILES string of the molecule is CCC(C)CC(C)NC(=O)c1cc(N)n[nH]1. The van der Waals surface area contributed by atoms with Crippen molar-refractivity contribution in [2.45, 2.75) is 39.7 Å². The van der Waals surface area contributed by atoms with Gasteiger partial charge in [-0.25, -0.2) is 0 Å². The number of anilines is 1. The maximum absolute atomic E-state index is 11.7. The average molecular weight is 224 g/mol. The van der Waals surface area contributed by atoms with Gasteiger partial charge in [0.05, 0.1) is 0 Å². The first-order valence-corrected chi connectivity index (χ1v) is 5.64. The first-order valence-electron chi connectivity index (χ1n) is 5.64. The molecule has 1 rings (SSSR count). The van der Waals surface area contributed by atoms with E-state index in [2.05, 4.69) is 29.4 Å². The third-order valence-electron chi connectivity index (χ3n) is 2.67. The van der Waals surface area contributed by atoms with Crippen LogP contribution in [0.4, 0.5) is 5.82 Å². The van der Waals surface area contributed by atoms with Crippen LogP contribution < -0.4 is 11.1 Å². The number of nitrogens with zero attached hydrogens (tertiary/aromatic N) is 1. The number of rotatable bonds is 5. The largest absolute Gasteiger partial charge is 0.382 e. The van der Waals surface area contributed by atoms with Crippen LogP contribution >= 0.6 is 0 Å². The second kappa shape index (κ2) is 5.53. The molecule has 5 heteroatoms. The van der Waals surface area contributed by atoms with Crippen molar-refractivity contribution in [1.29, 1.82) is 0 Å². The third kappa shape index (κ3) is 3.56. The Kier molecular flexibility index (Phi) is 4.34. The van der Waals surface area contributed by atoms with Gasteiger partial charge < -0.3 is 11.1 Å². The van der Waals surface area contributed by atoms with Gasteiger partial charge in [0.15, 0.2) is 0 Å². The smallest absolute Gasteiger partial charge is 0.269 e. The summed E-state index contributed by atoms with van der Waals surface area (Å²) in [6.45, 7) is 6.33. The Morgan fingerprint density at radius 1 is 1.62 bits per heavy atom. The number of nitrogens with two attached hydrogens (primary N) is 1. The van der Waals surface area contributed by atoms with Crippen molar-refractivity contribution in [3.05, 3.63) is 11.8 Å². The van der Waals surface area contributed by atoms with Crippen LogP contribution in [0.15, 0.2) is 6.07 Å². The minimum atomic E-state index is -0.153. The van der Waals surface area contributed by atoms with Crippen LogP contribution in [0.3, 0.4) is 0 Å². The summed E-state index contributed by atoms with van der Waals surface area (Å²) in [6, 6.07) is 1.69. The molecule has 0 fully saturated rings. The van der Waals surface area contributed by atoms with Crippen LogP contribution in [0.2, 0.25) is 0 Å². The Morgan fingerprint density at radius 3 is 2.81 bits per heavy atom. The first kappa shape index (κ1) is 12.5. The van der Waals surface area contributed by atoms with E-state index >= 15 is 0 Å². The second-order valence-corrected chi connectivity index (χ2v) is 4.33. The number of H-pyrrole nitrogens is 1. The van der Waals surface area contributed by atoms with Gasteiger partial charge in [-0.15, -0.1) is 0 Å². The second-order valence-electron chi connectivity index (χ2n) is 4.33. The summed E-state index contributed by atoms with van der Waals surface area (Å²) in [4.78, 5) is 11.7. The Hall–Kier alpha value is -1.52. The molecule has 0 aliphatic heterocycles. The molecule has 16 heavy (non-hydrogen) atoms. The molecule has 4 N–H and O–H groups in total. The molecule has 0 radical (unpaired) electrons. The molecule has 0 aliphatic rings. The number of aromatic nitrogens is 2. The monoisotopic (exact) mass is 224 g/mol. The molecular formula is C11H20N4O. The zero-order chi connectivity index (χ0) is 12.1. The van der Waals surface area contributed by atoms with Gasteiger partial charge in [0.1, 0.15) is 11.5 Å². The van der Waals surface area contributed by atoms with Gasteiger partial charge in [-0.3, -0.25) is 9.89 Å². The fourth-order valence-corrected chi connectivity index (χ4v) is 1.58. The Morgan fingerprint density at radius 2 is 2.31 bits per heavy atom. The van der Waals surface area contributed by atoms with E-state index in [9.17, 15) is 4.79 Å². The lowest BCUT2D eigenvalue weighted by atomic mass is 10.0. The highest BCUT2D eigenvalue weighted by Crippen LogP contribution is 2.10. The molecule has 0 saturated carbocycles. The van der Waals surface area contributed by atoms with Gasteiger partial charge in [0.25, 0.3) is 5.91 Å². The summed E-state index contributed by atoms with van der Waals surface area (Å²) in [5, 5.41) is 9.21. The van der Waals surface area contributed by atoms with Crippen molar-refractivity contribution in [3.8, 4) is 0 Å². The number of aromatic amines is 1. The first-order chi connectivity index (χ1) is 7.52. The van der Waals surface area contributed by atoms with Gasteiger partial charge in [-0.05, 0) is 19.3 Å². The molecule has 2 atom stereocenters. The third-order valence-corrected chi connectivity index (χ3v) is 2.67. The van der Waals surface area contributed by atoms with E-state index in [4.69, 9.17) is 5.73 Å². The fraction of sp³-hybridized carbons (Fsp3) is 0.636. The van der Waals surface area contributed by atoms with Crippen molar-refractivity contribution in [2.24, 2.45) is 5.92 Å². The van der Waals surface area contributed by atoms with Gasteiger partial charge in [-0.2, -0.15) is 5.10 Å². The highest BCUT2D eigenvalue weighted by molar-refractivity contribution is 5.93. The van der Waals surface area contributed by atoms with E-state index < -0.39 is 0 Å². The standard InChI is InChI=1S/C11H20N4O/c1-4-7(2)5-8(3)13-11(16)9-6-10(12)15-14-9/h6-8H,4-5H2,1-3H3,(H,13,16)(H3,12,14,15). The molecule has 5 nitrogen and oxygen atoms in total. The van der Waals surface area contributed by atoms with Crippen molar-refractivity contribution in [1.82, 2.24) is 15.5 Å². The molecular weight excluding hydrogens is 204 g/mol. The Bertz CT molecular complexity index is 348. The molecule has 1 amide bonds. The number of nitrogens with one attached hydrogen (secondary N) is 2. The van der Waals surface area contributed by atoms with Gasteiger partial charge >= 0.3 is 0 Å². The molecule has 0 aromatic carbocycles. The van der Waals surface area contributed by atoms with E-state index in [0.717, 1.165) is 12.8 Å². The van der Waals surface area contributed by atoms with Crippen molar-refractivity contribution in [3.63, 3.8) is 0 Å². The number of hydrogen-bond acceptors (Lipinski definition) is 3. The molecule has 2 unspecified atom stereocenters. The van der Waals surface area contributed by atoms with E-state index in [1.165, 1.54) is 6.07 Å². The maximum Gasteiger partial charge on any atom is 0.269 e. The van der Waals surface area contributed by atoms with Crippen LogP contribution in [-0.2, 0) is 0 Å². The molecule has 0 bridgehead atoms. The summed E-state index contributed by atoms with van der Waals surface area (Å²) in [7, 11) is 0. The lowest BCUT2D eigenvalue weighted by Crippen LogP contribution is -2.33. The van der Waals surface area contributed by atoms with Crippen molar-refractivity contribution < 1.29 is 4.79 Å². The van der Waals surface area contributed by atoms with Crippen LogP contribution in [0.1, 0.15) is 44.1 Å². The van der Waals surface area contributed by atoms with E-state index in [1.54, 1.807) is 0 Å². The summed E-state index contributed by atoms with van der Waals surface area (Å²) >= 11 is 0. The van der Waals surface area contributed by atoms with Gasteiger partial charge in [0, 0.05) is 12.1 Å². The number of hydrogen-bond donors (Lipinski definition) is 3. The van der Waals surface area contributed by atoms with E-state index in [0.29, 0.717) is 17.4 Å². The maximum atomic E-state index is 11.7. The zero-order valence-electron chi connectivity index (χ0n) is 10.1. The zero-order valence-corrected chi connectivity index (χ0v) is 10.1. The summed E-state index contributed by atoms with van der Waals surface area (Å²) < 4.78 is 0. The minimum absolute atomic E-state index is 0.153. The summed E-state index contributed by atoms with van der Waals surface area (Å²) in [6.07, 6.45) is 2.10. The fourth-order valence-electron chi connectivity index (χ4n) is 1.58. The lowest BCUT2D eigenvalue weighted by Gasteiger charge is -2.16. The van der Waals surface area contributed by atoms with Crippen LogP contribution in [0, 0.1) is 5.92 Å². The van der Waals surface area contributed by atoms with E-state index in [-0.39, 0.29) is 11.9 Å².